The summed E-state index contributed by atoms with van der Waals surface area (Å²) in [7, 11) is 0. The zero-order valence-corrected chi connectivity index (χ0v) is 18.2. The van der Waals surface area contributed by atoms with Crippen LogP contribution in [0.15, 0.2) is 24.3 Å². The van der Waals surface area contributed by atoms with E-state index in [-0.39, 0.29) is 38.0 Å². The lowest BCUT2D eigenvalue weighted by atomic mass is 9.93. The number of carbonyl (C=O) groups is 1. The minimum atomic E-state index is -1.90. The van der Waals surface area contributed by atoms with Crippen molar-refractivity contribution in [2.75, 3.05) is 43.6 Å². The number of nitrogens with two attached hydrogens (primary N) is 1. The van der Waals surface area contributed by atoms with E-state index < -0.39 is 11.5 Å². The van der Waals surface area contributed by atoms with Crippen molar-refractivity contribution < 1.29 is 18.7 Å². The number of nitrogen functional groups attached to an aromatic ring is 1. The summed E-state index contributed by atoms with van der Waals surface area (Å²) >= 11 is 6.64. The van der Waals surface area contributed by atoms with Gasteiger partial charge in [0.15, 0.2) is 11.5 Å². The number of ether oxygens (including phenoxy) is 2. The van der Waals surface area contributed by atoms with Gasteiger partial charge >= 0.3 is 0 Å². The van der Waals surface area contributed by atoms with Gasteiger partial charge in [0.05, 0.1) is 25.9 Å². The smallest absolute Gasteiger partial charge is 0.222 e. The predicted octanol–water partition coefficient (Wildman–Crippen LogP) is 3.23. The van der Waals surface area contributed by atoms with Gasteiger partial charge in [0.1, 0.15) is 5.82 Å². The molecule has 0 bridgehead atoms. The number of nitrogens with zero attached hydrogens (tertiary/aromatic N) is 3. The van der Waals surface area contributed by atoms with Gasteiger partial charge in [-0.2, -0.15) is 4.98 Å². The van der Waals surface area contributed by atoms with E-state index in [1.165, 1.54) is 0 Å². The maximum atomic E-state index is 14.7. The zero-order valence-electron chi connectivity index (χ0n) is 17.4. The van der Waals surface area contributed by atoms with Crippen LogP contribution in [-0.2, 0) is 20.7 Å². The summed E-state index contributed by atoms with van der Waals surface area (Å²) < 4.78 is 25.5. The number of carbonyl (C=O) groups excluding carboxylic acids is 1. The third-order valence-corrected chi connectivity index (χ3v) is 6.08. The maximum absolute atomic E-state index is 14.7. The number of hydrogen-bond donors (Lipinski definition) is 1. The molecule has 2 aliphatic rings. The highest BCUT2D eigenvalue weighted by molar-refractivity contribution is 6.31. The van der Waals surface area contributed by atoms with Crippen molar-refractivity contribution in [2.45, 2.75) is 37.9 Å². The van der Waals surface area contributed by atoms with E-state index in [0.29, 0.717) is 23.8 Å². The van der Waals surface area contributed by atoms with Crippen LogP contribution < -0.4 is 10.6 Å². The number of hydrogen-bond acceptors (Lipinski definition) is 7. The summed E-state index contributed by atoms with van der Waals surface area (Å²) in [6.45, 7) is 3.77. The lowest BCUT2D eigenvalue weighted by Gasteiger charge is -2.31. The number of benzene rings is 1. The molecule has 2 aliphatic heterocycles. The highest BCUT2D eigenvalue weighted by Crippen LogP contribution is 2.34. The zero-order chi connectivity index (χ0) is 22.0. The SMILES string of the molecule is Cc1cc(N2CCCOCC2c2ccc(CC(=O)C3(F)CCOC3)cc2Cl)nc(N)n1. The van der Waals surface area contributed by atoms with Gasteiger partial charge in [0.25, 0.3) is 0 Å². The Bertz CT molecular complexity index is 948. The van der Waals surface area contributed by atoms with Crippen LogP contribution in [0.25, 0.3) is 0 Å². The summed E-state index contributed by atoms with van der Waals surface area (Å²) in [6.07, 6.45) is 0.921. The lowest BCUT2D eigenvalue weighted by molar-refractivity contribution is -0.129. The second-order valence-electron chi connectivity index (χ2n) is 8.09. The van der Waals surface area contributed by atoms with E-state index in [2.05, 4.69) is 14.9 Å². The first-order chi connectivity index (χ1) is 14.9. The van der Waals surface area contributed by atoms with Crippen LogP contribution in [0.4, 0.5) is 16.2 Å². The number of anilines is 2. The number of rotatable bonds is 5. The first-order valence-corrected chi connectivity index (χ1v) is 10.8. The molecule has 2 N–H and O–H groups in total. The van der Waals surface area contributed by atoms with Crippen LogP contribution in [0, 0.1) is 6.92 Å². The fourth-order valence-corrected chi connectivity index (χ4v) is 4.41. The van der Waals surface area contributed by atoms with Crippen LogP contribution >= 0.6 is 11.6 Å². The van der Waals surface area contributed by atoms with Gasteiger partial charge in [-0.3, -0.25) is 4.79 Å². The maximum Gasteiger partial charge on any atom is 0.222 e. The topological polar surface area (TPSA) is 90.6 Å². The molecule has 2 saturated heterocycles. The molecule has 1 aromatic carbocycles. The standard InChI is InChI=1S/C22H26ClFN4O3/c1-14-9-20(27-21(25)26-14)28-6-2-7-30-12-18(28)16-4-3-15(10-17(16)23)11-19(29)22(24)5-8-31-13-22/h3-4,9-10,18H,2,5-8,11-13H2,1H3,(H2,25,26,27). The molecule has 2 unspecified atom stereocenters. The fourth-order valence-electron chi connectivity index (χ4n) is 4.09. The monoisotopic (exact) mass is 448 g/mol. The van der Waals surface area contributed by atoms with E-state index >= 15 is 0 Å². The number of aryl methyl sites for hydroxylation is 1. The molecular formula is C22H26ClFN4O3. The van der Waals surface area contributed by atoms with E-state index in [9.17, 15) is 9.18 Å². The molecule has 7 nitrogen and oxygen atoms in total. The van der Waals surface area contributed by atoms with Crippen LogP contribution in [0.2, 0.25) is 5.02 Å². The molecule has 0 spiro atoms. The van der Waals surface area contributed by atoms with E-state index in [1.807, 2.05) is 25.1 Å². The lowest BCUT2D eigenvalue weighted by Crippen LogP contribution is -2.35. The van der Waals surface area contributed by atoms with Gasteiger partial charge in [-0.15, -0.1) is 0 Å². The van der Waals surface area contributed by atoms with Crippen molar-refractivity contribution in [3.63, 3.8) is 0 Å². The van der Waals surface area contributed by atoms with Crippen molar-refractivity contribution in [3.05, 3.63) is 46.1 Å². The van der Waals surface area contributed by atoms with Gasteiger partial charge < -0.3 is 20.1 Å². The number of halogens is 2. The Labute approximate surface area is 185 Å². The second kappa shape index (κ2) is 9.06. The van der Waals surface area contributed by atoms with E-state index in [0.717, 1.165) is 30.0 Å². The molecular weight excluding hydrogens is 423 g/mol. The fraction of sp³-hybridized carbons (Fsp3) is 0.500. The largest absolute Gasteiger partial charge is 0.379 e. The minimum Gasteiger partial charge on any atom is -0.379 e. The first kappa shape index (κ1) is 21.9. The van der Waals surface area contributed by atoms with Gasteiger partial charge in [-0.25, -0.2) is 9.37 Å². The Balaban J connectivity index is 1.59. The van der Waals surface area contributed by atoms with Crippen LogP contribution in [0.5, 0.6) is 0 Å². The highest BCUT2D eigenvalue weighted by atomic mass is 35.5. The predicted molar refractivity (Wildman–Crippen MR) is 116 cm³/mol. The summed E-state index contributed by atoms with van der Waals surface area (Å²) in [5.41, 5.74) is 6.28. The van der Waals surface area contributed by atoms with Crippen LogP contribution in [0.1, 0.15) is 35.7 Å². The molecule has 9 heteroatoms. The summed E-state index contributed by atoms with van der Waals surface area (Å²) in [5.74, 6) is 0.464. The molecule has 0 radical (unpaired) electrons. The molecule has 166 valence electrons. The van der Waals surface area contributed by atoms with Crippen molar-refractivity contribution in [1.82, 2.24) is 9.97 Å². The van der Waals surface area contributed by atoms with Crippen LogP contribution in [0.3, 0.4) is 0 Å². The van der Waals surface area contributed by atoms with Crippen molar-refractivity contribution in [3.8, 4) is 0 Å². The third kappa shape index (κ3) is 4.81. The van der Waals surface area contributed by atoms with E-state index in [4.69, 9.17) is 26.8 Å². The van der Waals surface area contributed by atoms with Crippen molar-refractivity contribution >= 4 is 29.2 Å². The Morgan fingerprint density at radius 1 is 1.32 bits per heavy atom. The quantitative estimate of drug-likeness (QED) is 0.750. The second-order valence-corrected chi connectivity index (χ2v) is 8.49. The van der Waals surface area contributed by atoms with Gasteiger partial charge in [-0.1, -0.05) is 23.7 Å². The van der Waals surface area contributed by atoms with Gasteiger partial charge in [-0.05, 0) is 30.5 Å². The van der Waals surface area contributed by atoms with Crippen LogP contribution in [-0.4, -0.2) is 54.4 Å². The number of aromatic nitrogens is 2. The molecule has 2 aromatic rings. The third-order valence-electron chi connectivity index (χ3n) is 5.75. The number of Topliss-reactive ketones (excluding diaryl/α,β-unsaturated/α-hetero) is 1. The first-order valence-electron chi connectivity index (χ1n) is 10.4. The molecule has 4 rings (SSSR count). The average molecular weight is 449 g/mol. The van der Waals surface area contributed by atoms with Crippen molar-refractivity contribution in [2.24, 2.45) is 0 Å². The van der Waals surface area contributed by atoms with Gasteiger partial charge in [0, 0.05) is 42.8 Å². The summed E-state index contributed by atoms with van der Waals surface area (Å²) in [6, 6.07) is 7.15. The molecule has 2 atom stereocenters. The molecule has 1 aromatic heterocycles. The normalized spacial score (nSPS) is 24.2. The molecule has 0 saturated carbocycles. The highest BCUT2D eigenvalue weighted by Gasteiger charge is 2.42. The minimum absolute atomic E-state index is 0.0214. The average Bonchev–Trinajstić information content (AvgIpc) is 3.02. The molecule has 0 aliphatic carbocycles. The number of ketones is 1. The molecule has 31 heavy (non-hydrogen) atoms. The Hall–Kier alpha value is -2.29. The Kier molecular flexibility index (Phi) is 6.41. The molecule has 3 heterocycles. The Morgan fingerprint density at radius 2 is 2.16 bits per heavy atom. The summed E-state index contributed by atoms with van der Waals surface area (Å²) in [4.78, 5) is 23.1. The van der Waals surface area contributed by atoms with Crippen molar-refractivity contribution in [1.29, 1.82) is 0 Å². The van der Waals surface area contributed by atoms with Gasteiger partial charge in [0.2, 0.25) is 5.95 Å². The molecule has 2 fully saturated rings. The Morgan fingerprint density at radius 3 is 2.87 bits per heavy atom. The molecule has 0 amide bonds. The summed E-state index contributed by atoms with van der Waals surface area (Å²) in [5, 5.41) is 0.500. The van der Waals surface area contributed by atoms with E-state index in [1.54, 1.807) is 6.07 Å². The number of alkyl halides is 1.